The molecule has 2 nitrogen and oxygen atoms in total. The predicted octanol–water partition coefficient (Wildman–Crippen LogP) is 2.82. The summed E-state index contributed by atoms with van der Waals surface area (Å²) >= 11 is 0. The van der Waals surface area contributed by atoms with Crippen molar-refractivity contribution in [2.45, 2.75) is 38.2 Å². The standard InChI is InChI=1S/C14H21NO/c1-2-15(13-8-4-3-5-9-13)12-14(16)10-6-7-11-14/h3-5,8-9,16H,2,6-7,10-12H2,1H3. The molecule has 0 heterocycles. The molecule has 0 unspecified atom stereocenters. The van der Waals surface area contributed by atoms with Crippen molar-refractivity contribution in [3.05, 3.63) is 30.3 Å². The van der Waals surface area contributed by atoms with Gasteiger partial charge in [-0.25, -0.2) is 0 Å². The minimum atomic E-state index is -0.453. The van der Waals surface area contributed by atoms with Gasteiger partial charge in [-0.1, -0.05) is 31.0 Å². The minimum absolute atomic E-state index is 0.453. The molecule has 1 aromatic rings. The van der Waals surface area contributed by atoms with Gasteiger partial charge in [-0.15, -0.1) is 0 Å². The fourth-order valence-electron chi connectivity index (χ4n) is 2.57. The van der Waals surface area contributed by atoms with Gasteiger partial charge in [-0.3, -0.25) is 0 Å². The van der Waals surface area contributed by atoms with Gasteiger partial charge >= 0.3 is 0 Å². The lowest BCUT2D eigenvalue weighted by Gasteiger charge is -2.32. The number of rotatable bonds is 4. The minimum Gasteiger partial charge on any atom is -0.388 e. The molecule has 1 fully saturated rings. The van der Waals surface area contributed by atoms with Gasteiger partial charge < -0.3 is 10.0 Å². The Kier molecular flexibility index (Phi) is 3.49. The molecule has 0 radical (unpaired) electrons. The van der Waals surface area contributed by atoms with E-state index in [1.165, 1.54) is 18.5 Å². The van der Waals surface area contributed by atoms with Crippen molar-refractivity contribution in [3.8, 4) is 0 Å². The highest BCUT2D eigenvalue weighted by atomic mass is 16.3. The van der Waals surface area contributed by atoms with Crippen LogP contribution in [0.5, 0.6) is 0 Å². The third-order valence-corrected chi connectivity index (χ3v) is 3.52. The first kappa shape index (κ1) is 11.5. The highest BCUT2D eigenvalue weighted by molar-refractivity contribution is 5.46. The van der Waals surface area contributed by atoms with E-state index in [4.69, 9.17) is 0 Å². The third-order valence-electron chi connectivity index (χ3n) is 3.52. The van der Waals surface area contributed by atoms with E-state index in [-0.39, 0.29) is 0 Å². The van der Waals surface area contributed by atoms with Gasteiger partial charge in [0.1, 0.15) is 0 Å². The molecule has 0 saturated heterocycles. The van der Waals surface area contributed by atoms with E-state index in [0.29, 0.717) is 0 Å². The number of anilines is 1. The summed E-state index contributed by atoms with van der Waals surface area (Å²) in [5, 5.41) is 10.4. The first-order chi connectivity index (χ1) is 7.73. The Morgan fingerprint density at radius 3 is 2.38 bits per heavy atom. The lowest BCUT2D eigenvalue weighted by atomic mass is 10.0. The number of nitrogens with zero attached hydrogens (tertiary/aromatic N) is 1. The second-order valence-corrected chi connectivity index (χ2v) is 4.78. The molecule has 0 atom stereocenters. The van der Waals surface area contributed by atoms with Crippen LogP contribution >= 0.6 is 0 Å². The maximum absolute atomic E-state index is 10.4. The van der Waals surface area contributed by atoms with E-state index >= 15 is 0 Å². The van der Waals surface area contributed by atoms with Crippen molar-refractivity contribution in [3.63, 3.8) is 0 Å². The molecule has 2 rings (SSSR count). The lowest BCUT2D eigenvalue weighted by Crippen LogP contribution is -2.41. The first-order valence-corrected chi connectivity index (χ1v) is 6.26. The third kappa shape index (κ3) is 2.56. The predicted molar refractivity (Wildman–Crippen MR) is 67.7 cm³/mol. The van der Waals surface area contributed by atoms with Crippen LogP contribution in [-0.2, 0) is 0 Å². The fourth-order valence-corrected chi connectivity index (χ4v) is 2.57. The number of hydrogen-bond acceptors (Lipinski definition) is 2. The molecule has 0 bridgehead atoms. The molecule has 1 aliphatic carbocycles. The van der Waals surface area contributed by atoms with Crippen molar-refractivity contribution in [2.24, 2.45) is 0 Å². The molecule has 0 aliphatic heterocycles. The van der Waals surface area contributed by atoms with Crippen molar-refractivity contribution < 1.29 is 5.11 Å². The Morgan fingerprint density at radius 2 is 1.81 bits per heavy atom. The molecule has 2 heteroatoms. The van der Waals surface area contributed by atoms with Gasteiger partial charge in [-0.2, -0.15) is 0 Å². The quantitative estimate of drug-likeness (QED) is 0.841. The van der Waals surface area contributed by atoms with Gasteiger partial charge in [0, 0.05) is 18.8 Å². The second-order valence-electron chi connectivity index (χ2n) is 4.78. The molecule has 1 aliphatic rings. The first-order valence-electron chi connectivity index (χ1n) is 6.26. The number of benzene rings is 1. The van der Waals surface area contributed by atoms with Gasteiger partial charge in [-0.05, 0) is 31.9 Å². The van der Waals surface area contributed by atoms with Gasteiger partial charge in [0.05, 0.1) is 5.60 Å². The van der Waals surface area contributed by atoms with E-state index in [1.54, 1.807) is 0 Å². The van der Waals surface area contributed by atoms with Crippen LogP contribution in [-0.4, -0.2) is 23.8 Å². The Balaban J connectivity index is 2.06. The lowest BCUT2D eigenvalue weighted by molar-refractivity contribution is 0.0550. The molecular weight excluding hydrogens is 198 g/mol. The summed E-state index contributed by atoms with van der Waals surface area (Å²) < 4.78 is 0. The zero-order chi connectivity index (χ0) is 11.4. The average Bonchev–Trinajstić information content (AvgIpc) is 2.74. The van der Waals surface area contributed by atoms with Crippen LogP contribution in [0, 0.1) is 0 Å². The topological polar surface area (TPSA) is 23.5 Å². The summed E-state index contributed by atoms with van der Waals surface area (Å²) in [7, 11) is 0. The van der Waals surface area contributed by atoms with E-state index in [1.807, 2.05) is 6.07 Å². The Morgan fingerprint density at radius 1 is 1.19 bits per heavy atom. The van der Waals surface area contributed by atoms with Crippen molar-refractivity contribution in [1.82, 2.24) is 0 Å². The SMILES string of the molecule is CCN(CC1(O)CCCC1)c1ccccc1. The Labute approximate surface area is 97.9 Å². The maximum Gasteiger partial charge on any atom is 0.0821 e. The van der Waals surface area contributed by atoms with Crippen LogP contribution in [0.4, 0.5) is 5.69 Å². The summed E-state index contributed by atoms with van der Waals surface area (Å²) in [5.74, 6) is 0. The number of aliphatic hydroxyl groups is 1. The van der Waals surface area contributed by atoms with Crippen LogP contribution in [0.25, 0.3) is 0 Å². The van der Waals surface area contributed by atoms with E-state index in [2.05, 4.69) is 36.1 Å². The Hall–Kier alpha value is -1.02. The molecule has 0 amide bonds. The van der Waals surface area contributed by atoms with Gasteiger partial charge in [0.25, 0.3) is 0 Å². The molecular formula is C14H21NO. The maximum atomic E-state index is 10.4. The second kappa shape index (κ2) is 4.88. The average molecular weight is 219 g/mol. The highest BCUT2D eigenvalue weighted by Gasteiger charge is 2.32. The van der Waals surface area contributed by atoms with Crippen LogP contribution in [0.1, 0.15) is 32.6 Å². The van der Waals surface area contributed by atoms with Crippen LogP contribution in [0.2, 0.25) is 0 Å². The summed E-state index contributed by atoms with van der Waals surface area (Å²) in [6.07, 6.45) is 4.25. The number of likely N-dealkylation sites (N-methyl/N-ethyl adjacent to an activating group) is 1. The normalized spacial score (nSPS) is 18.6. The number of para-hydroxylation sites is 1. The molecule has 1 saturated carbocycles. The molecule has 0 aromatic heterocycles. The Bertz CT molecular complexity index is 317. The van der Waals surface area contributed by atoms with Crippen LogP contribution < -0.4 is 4.90 Å². The highest BCUT2D eigenvalue weighted by Crippen LogP contribution is 2.31. The molecule has 1 aromatic carbocycles. The molecule has 1 N–H and O–H groups in total. The van der Waals surface area contributed by atoms with Crippen LogP contribution in [0.3, 0.4) is 0 Å². The van der Waals surface area contributed by atoms with Crippen molar-refractivity contribution in [2.75, 3.05) is 18.0 Å². The van der Waals surface area contributed by atoms with Crippen LogP contribution in [0.15, 0.2) is 30.3 Å². The van der Waals surface area contributed by atoms with E-state index in [9.17, 15) is 5.11 Å². The summed E-state index contributed by atoms with van der Waals surface area (Å²) in [4.78, 5) is 2.27. The zero-order valence-electron chi connectivity index (χ0n) is 10.0. The molecule has 0 spiro atoms. The van der Waals surface area contributed by atoms with E-state index < -0.39 is 5.60 Å². The largest absolute Gasteiger partial charge is 0.388 e. The van der Waals surface area contributed by atoms with Crippen molar-refractivity contribution in [1.29, 1.82) is 0 Å². The smallest absolute Gasteiger partial charge is 0.0821 e. The summed E-state index contributed by atoms with van der Waals surface area (Å²) in [6, 6.07) is 10.4. The molecule has 16 heavy (non-hydrogen) atoms. The zero-order valence-corrected chi connectivity index (χ0v) is 10.0. The summed E-state index contributed by atoms with van der Waals surface area (Å²) in [6.45, 7) is 3.87. The monoisotopic (exact) mass is 219 g/mol. The van der Waals surface area contributed by atoms with Gasteiger partial charge in [0.2, 0.25) is 0 Å². The summed E-state index contributed by atoms with van der Waals surface area (Å²) in [5.41, 5.74) is 0.761. The van der Waals surface area contributed by atoms with Crippen molar-refractivity contribution >= 4 is 5.69 Å². The fraction of sp³-hybridized carbons (Fsp3) is 0.571. The molecule has 88 valence electrons. The van der Waals surface area contributed by atoms with Gasteiger partial charge in [0.15, 0.2) is 0 Å². The van der Waals surface area contributed by atoms with E-state index in [0.717, 1.165) is 25.9 Å². The number of hydrogen-bond donors (Lipinski definition) is 1.